The van der Waals surface area contributed by atoms with Gasteiger partial charge in [0.2, 0.25) is 5.91 Å². The number of carbonyl (C=O) groups is 3. The highest BCUT2D eigenvalue weighted by molar-refractivity contribution is 6.17. The summed E-state index contributed by atoms with van der Waals surface area (Å²) in [6.07, 6.45) is 6.86. The Labute approximate surface area is 242 Å². The highest BCUT2D eigenvalue weighted by atomic mass is 16.5. The first-order valence-electron chi connectivity index (χ1n) is 13.7. The van der Waals surface area contributed by atoms with Crippen LogP contribution >= 0.6 is 0 Å². The van der Waals surface area contributed by atoms with Gasteiger partial charge < -0.3 is 19.7 Å². The summed E-state index contributed by atoms with van der Waals surface area (Å²) in [7, 11) is 3.02. The second-order valence-corrected chi connectivity index (χ2v) is 10.6. The Balaban J connectivity index is 1.53. The number of aromatic nitrogens is 1. The maximum Gasteiger partial charge on any atom is 0.238 e. The van der Waals surface area contributed by atoms with Crippen LogP contribution in [0.25, 0.3) is 6.08 Å². The van der Waals surface area contributed by atoms with Crippen molar-refractivity contribution in [1.82, 2.24) is 9.88 Å². The highest BCUT2D eigenvalue weighted by Gasteiger charge is 2.70. The Kier molecular flexibility index (Phi) is 5.93. The monoisotopic (exact) mass is 557 g/mol. The molecule has 3 aliphatic heterocycles. The number of nitrogens with zero attached hydrogens (tertiary/aromatic N) is 2. The van der Waals surface area contributed by atoms with Gasteiger partial charge >= 0.3 is 0 Å². The number of para-hydroxylation sites is 1. The van der Waals surface area contributed by atoms with Crippen molar-refractivity contribution in [3.8, 4) is 11.5 Å². The molecule has 42 heavy (non-hydrogen) atoms. The summed E-state index contributed by atoms with van der Waals surface area (Å²) in [5, 5.41) is 3.06. The maximum atomic E-state index is 14.8. The van der Waals surface area contributed by atoms with Crippen LogP contribution in [0.4, 0.5) is 5.69 Å². The number of ketones is 2. The molecule has 4 heterocycles. The zero-order valence-corrected chi connectivity index (χ0v) is 23.0. The molecule has 7 rings (SSSR count). The normalized spacial score (nSPS) is 23.1. The highest BCUT2D eigenvalue weighted by Crippen LogP contribution is 2.62. The maximum absolute atomic E-state index is 14.8. The van der Waals surface area contributed by atoms with E-state index in [0.29, 0.717) is 33.9 Å². The molecule has 1 aromatic heterocycles. The second kappa shape index (κ2) is 9.69. The Bertz CT molecular complexity index is 1790. The minimum atomic E-state index is -1.41. The van der Waals surface area contributed by atoms with Gasteiger partial charge in [-0.3, -0.25) is 19.4 Å². The lowest BCUT2D eigenvalue weighted by molar-refractivity contribution is -0.122. The number of rotatable bonds is 6. The molecule has 1 saturated heterocycles. The van der Waals surface area contributed by atoms with Crippen molar-refractivity contribution in [3.63, 3.8) is 0 Å². The van der Waals surface area contributed by atoms with Crippen molar-refractivity contribution >= 4 is 29.2 Å². The van der Waals surface area contributed by atoms with Crippen LogP contribution in [-0.4, -0.2) is 47.6 Å². The molecule has 0 saturated carbocycles. The van der Waals surface area contributed by atoms with E-state index in [9.17, 15) is 14.4 Å². The second-order valence-electron chi connectivity index (χ2n) is 10.6. The van der Waals surface area contributed by atoms with E-state index in [-0.39, 0.29) is 17.5 Å². The number of ether oxygens (including phenoxy) is 2. The molecule has 0 unspecified atom stereocenters. The van der Waals surface area contributed by atoms with Crippen molar-refractivity contribution in [1.29, 1.82) is 0 Å². The van der Waals surface area contributed by atoms with Crippen LogP contribution in [0.5, 0.6) is 11.5 Å². The minimum absolute atomic E-state index is 0.294. The molecule has 0 aliphatic carbocycles. The van der Waals surface area contributed by atoms with Crippen molar-refractivity contribution in [2.45, 2.75) is 17.5 Å². The molecule has 8 nitrogen and oxygen atoms in total. The van der Waals surface area contributed by atoms with Gasteiger partial charge in [-0.25, -0.2) is 0 Å². The molecule has 0 bridgehead atoms. The van der Waals surface area contributed by atoms with E-state index in [0.717, 1.165) is 11.1 Å². The molecular formula is C34H27N3O5. The van der Waals surface area contributed by atoms with E-state index in [1.54, 1.807) is 36.5 Å². The van der Waals surface area contributed by atoms with E-state index in [1.165, 1.54) is 20.4 Å². The third-order valence-electron chi connectivity index (χ3n) is 8.74. The van der Waals surface area contributed by atoms with Crippen molar-refractivity contribution in [2.75, 3.05) is 19.5 Å². The molecule has 3 aliphatic rings. The fraction of sp³-hybridized carbons (Fsp3) is 0.176. The van der Waals surface area contributed by atoms with Crippen molar-refractivity contribution in [3.05, 3.63) is 125 Å². The lowest BCUT2D eigenvalue weighted by atomic mass is 9.62. The van der Waals surface area contributed by atoms with E-state index in [1.807, 2.05) is 65.7 Å². The van der Waals surface area contributed by atoms with Gasteiger partial charge in [0.25, 0.3) is 0 Å². The Morgan fingerprint density at radius 1 is 0.929 bits per heavy atom. The smallest absolute Gasteiger partial charge is 0.238 e. The summed E-state index contributed by atoms with van der Waals surface area (Å²) in [6, 6.07) is 21.9. The summed E-state index contributed by atoms with van der Waals surface area (Å²) in [5.74, 6) is -1.22. The van der Waals surface area contributed by atoms with Gasteiger partial charge in [-0.15, -0.1) is 0 Å². The summed E-state index contributed by atoms with van der Waals surface area (Å²) in [4.78, 5) is 50.1. The summed E-state index contributed by atoms with van der Waals surface area (Å²) < 4.78 is 11.0. The van der Waals surface area contributed by atoms with Crippen LogP contribution in [0, 0.1) is 5.92 Å². The molecule has 4 aromatic rings. The molecule has 1 fully saturated rings. The Morgan fingerprint density at radius 3 is 2.52 bits per heavy atom. The van der Waals surface area contributed by atoms with Crippen LogP contribution < -0.4 is 14.8 Å². The SMILES string of the molecule is COc1ccc(C(=O)[C@@H]2[C@H](C(=O)c3cccnc3)[C@]3(C(=O)Nc4ccccc43)[C@H]3c4ccccc4C=CN23)c(OC)c1. The van der Waals surface area contributed by atoms with Crippen LogP contribution in [0.2, 0.25) is 0 Å². The summed E-state index contributed by atoms with van der Waals surface area (Å²) in [5.41, 5.74) is 2.33. The standard InChI is InChI=1S/C34H27N3O5/c1-41-22-13-14-24(27(18-22)42-2)31(39)29-28(30(38)21-9-7-16-35-19-21)34(25-11-5-6-12-26(25)36-33(34)40)32-23-10-4-3-8-20(23)15-17-37(29)32/h3-19,28-29,32H,1-2H3,(H,36,40)/t28-,29+,32-,34+/m1/s1. The first-order valence-corrected chi connectivity index (χ1v) is 13.7. The van der Waals surface area contributed by atoms with Gasteiger partial charge in [-0.2, -0.15) is 0 Å². The minimum Gasteiger partial charge on any atom is -0.497 e. The topological polar surface area (TPSA) is 97.8 Å². The largest absolute Gasteiger partial charge is 0.497 e. The van der Waals surface area contributed by atoms with Crippen LogP contribution in [0.1, 0.15) is 43.4 Å². The molecule has 4 atom stereocenters. The lowest BCUT2D eigenvalue weighted by Crippen LogP contribution is -2.49. The fourth-order valence-electron chi connectivity index (χ4n) is 7.02. The van der Waals surface area contributed by atoms with E-state index >= 15 is 0 Å². The molecule has 3 aromatic carbocycles. The molecular weight excluding hydrogens is 530 g/mol. The predicted octanol–water partition coefficient (Wildman–Crippen LogP) is 5.08. The van der Waals surface area contributed by atoms with Crippen LogP contribution in [0.15, 0.2) is 97.5 Å². The number of hydrogen-bond acceptors (Lipinski definition) is 7. The number of hydrogen-bond donors (Lipinski definition) is 1. The van der Waals surface area contributed by atoms with Gasteiger partial charge in [0.1, 0.15) is 23.0 Å². The van der Waals surface area contributed by atoms with Gasteiger partial charge in [-0.05, 0) is 53.1 Å². The molecule has 208 valence electrons. The molecule has 8 heteroatoms. The van der Waals surface area contributed by atoms with E-state index in [4.69, 9.17) is 9.47 Å². The Morgan fingerprint density at radius 2 is 1.74 bits per heavy atom. The number of carbonyl (C=O) groups excluding carboxylic acids is 3. The number of methoxy groups -OCH3 is 2. The molecule has 1 N–H and O–H groups in total. The number of Topliss-reactive ketones (excluding diaryl/α,β-unsaturated/α-hetero) is 2. The van der Waals surface area contributed by atoms with Gasteiger partial charge in [-0.1, -0.05) is 42.5 Å². The van der Waals surface area contributed by atoms with Crippen molar-refractivity contribution < 1.29 is 23.9 Å². The van der Waals surface area contributed by atoms with E-state index in [2.05, 4.69) is 10.3 Å². The molecule has 1 amide bonds. The number of fused-ring (bicyclic) bond motifs is 6. The third kappa shape index (κ3) is 3.48. The van der Waals surface area contributed by atoms with Gasteiger partial charge in [0.15, 0.2) is 11.6 Å². The lowest BCUT2D eigenvalue weighted by Gasteiger charge is -2.38. The number of anilines is 1. The zero-order valence-electron chi connectivity index (χ0n) is 23.0. The van der Waals surface area contributed by atoms with Gasteiger partial charge in [0.05, 0.1) is 31.7 Å². The van der Waals surface area contributed by atoms with Crippen LogP contribution in [0.3, 0.4) is 0 Å². The molecule has 0 radical (unpaired) electrons. The quantitative estimate of drug-likeness (QED) is 0.330. The number of pyridine rings is 1. The fourth-order valence-corrected chi connectivity index (χ4v) is 7.02. The van der Waals surface area contributed by atoms with Gasteiger partial charge in [0, 0.05) is 35.9 Å². The first kappa shape index (κ1) is 25.7. The number of nitrogens with one attached hydrogen (secondary N) is 1. The Hall–Kier alpha value is -5.24. The predicted molar refractivity (Wildman–Crippen MR) is 157 cm³/mol. The summed E-state index contributed by atoms with van der Waals surface area (Å²) in [6.45, 7) is 0. The first-order chi connectivity index (χ1) is 20.5. The number of benzene rings is 3. The number of amides is 1. The zero-order chi connectivity index (χ0) is 29.0. The van der Waals surface area contributed by atoms with E-state index < -0.39 is 23.4 Å². The summed E-state index contributed by atoms with van der Waals surface area (Å²) >= 11 is 0. The van der Waals surface area contributed by atoms with Crippen LogP contribution in [-0.2, 0) is 10.2 Å². The third-order valence-corrected chi connectivity index (χ3v) is 8.74. The molecule has 1 spiro atoms. The van der Waals surface area contributed by atoms with Crippen molar-refractivity contribution in [2.24, 2.45) is 5.92 Å². The average molecular weight is 558 g/mol. The average Bonchev–Trinajstić information content (AvgIpc) is 3.52.